The molecule has 5 nitrogen and oxygen atoms in total. The van der Waals surface area contributed by atoms with E-state index in [1.807, 2.05) is 0 Å². The second-order valence-corrected chi connectivity index (χ2v) is 4.02. The second-order valence-electron chi connectivity index (χ2n) is 3.17. The van der Waals surface area contributed by atoms with Crippen LogP contribution in [0.25, 0.3) is 0 Å². The van der Waals surface area contributed by atoms with E-state index in [1.165, 1.54) is 6.07 Å². The Bertz CT molecular complexity index is 395. The van der Waals surface area contributed by atoms with E-state index in [2.05, 4.69) is 15.9 Å². The number of aryl methyl sites for hydroxylation is 1. The summed E-state index contributed by atoms with van der Waals surface area (Å²) < 4.78 is 10.8. The Kier molecular flexibility index (Phi) is 4.70. The molecular formula is C10H12BrNO4. The number of nitrogens with zero attached hydrogens (tertiary/aromatic N) is 1. The summed E-state index contributed by atoms with van der Waals surface area (Å²) in [4.78, 5) is 10.3. The van der Waals surface area contributed by atoms with Gasteiger partial charge in [-0.3, -0.25) is 10.1 Å². The van der Waals surface area contributed by atoms with Crippen LogP contribution < -0.4 is 4.74 Å². The Morgan fingerprint density at radius 1 is 1.44 bits per heavy atom. The average molecular weight is 290 g/mol. The van der Waals surface area contributed by atoms with Crippen molar-refractivity contribution in [1.82, 2.24) is 0 Å². The third-order valence-electron chi connectivity index (χ3n) is 1.99. The molecule has 1 aromatic rings. The molecule has 0 aliphatic heterocycles. The molecule has 0 amide bonds. The number of benzene rings is 1. The number of nitro groups is 1. The highest BCUT2D eigenvalue weighted by molar-refractivity contribution is 9.10. The third-order valence-corrected chi connectivity index (χ3v) is 2.61. The Labute approximate surface area is 102 Å². The first kappa shape index (κ1) is 12.9. The number of nitro benzene ring substituents is 1. The SMILES string of the molecule is COCCOc1cc(C)c([N+](=O)[O-])cc1Br. The molecule has 0 radical (unpaired) electrons. The summed E-state index contributed by atoms with van der Waals surface area (Å²) in [5, 5.41) is 10.7. The predicted molar refractivity (Wildman–Crippen MR) is 62.9 cm³/mol. The fraction of sp³-hybridized carbons (Fsp3) is 0.400. The van der Waals surface area contributed by atoms with Crippen LogP contribution in [0.5, 0.6) is 5.75 Å². The van der Waals surface area contributed by atoms with Crippen LogP contribution in [0.15, 0.2) is 16.6 Å². The Morgan fingerprint density at radius 2 is 2.12 bits per heavy atom. The van der Waals surface area contributed by atoms with Crippen LogP contribution >= 0.6 is 15.9 Å². The van der Waals surface area contributed by atoms with Gasteiger partial charge in [-0.2, -0.15) is 0 Å². The zero-order valence-electron chi connectivity index (χ0n) is 9.03. The van der Waals surface area contributed by atoms with E-state index in [0.717, 1.165) is 0 Å². The topological polar surface area (TPSA) is 61.6 Å². The maximum absolute atomic E-state index is 10.7. The van der Waals surface area contributed by atoms with E-state index in [4.69, 9.17) is 9.47 Å². The first-order chi connectivity index (χ1) is 7.56. The van der Waals surface area contributed by atoms with Crippen LogP contribution in [-0.4, -0.2) is 25.2 Å². The summed E-state index contributed by atoms with van der Waals surface area (Å²) in [5.74, 6) is 0.583. The molecular weight excluding hydrogens is 278 g/mol. The number of hydrogen-bond donors (Lipinski definition) is 0. The maximum atomic E-state index is 10.7. The maximum Gasteiger partial charge on any atom is 0.273 e. The molecule has 16 heavy (non-hydrogen) atoms. The van der Waals surface area contributed by atoms with Crippen LogP contribution in [0, 0.1) is 17.0 Å². The van der Waals surface area contributed by atoms with Gasteiger partial charge >= 0.3 is 0 Å². The van der Waals surface area contributed by atoms with Crippen LogP contribution in [0.2, 0.25) is 0 Å². The van der Waals surface area contributed by atoms with E-state index in [1.54, 1.807) is 20.1 Å². The van der Waals surface area contributed by atoms with Crippen molar-refractivity contribution in [2.45, 2.75) is 6.92 Å². The fourth-order valence-corrected chi connectivity index (χ4v) is 1.63. The molecule has 0 aliphatic carbocycles. The molecule has 0 fully saturated rings. The largest absolute Gasteiger partial charge is 0.490 e. The van der Waals surface area contributed by atoms with Crippen molar-refractivity contribution in [1.29, 1.82) is 0 Å². The molecule has 0 spiro atoms. The van der Waals surface area contributed by atoms with Gasteiger partial charge in [-0.05, 0) is 28.9 Å². The monoisotopic (exact) mass is 289 g/mol. The molecule has 1 aromatic carbocycles. The molecule has 0 bridgehead atoms. The van der Waals surface area contributed by atoms with Gasteiger partial charge in [0, 0.05) is 18.7 Å². The summed E-state index contributed by atoms with van der Waals surface area (Å²) in [5.41, 5.74) is 0.645. The van der Waals surface area contributed by atoms with Crippen molar-refractivity contribution in [2.24, 2.45) is 0 Å². The van der Waals surface area contributed by atoms with E-state index in [0.29, 0.717) is 29.0 Å². The lowest BCUT2D eigenvalue weighted by Crippen LogP contribution is -2.05. The van der Waals surface area contributed by atoms with Crippen LogP contribution in [-0.2, 0) is 4.74 Å². The van der Waals surface area contributed by atoms with Gasteiger partial charge in [-0.15, -0.1) is 0 Å². The predicted octanol–water partition coefficient (Wildman–Crippen LogP) is 2.69. The Morgan fingerprint density at radius 3 is 2.69 bits per heavy atom. The van der Waals surface area contributed by atoms with Gasteiger partial charge in [0.1, 0.15) is 12.4 Å². The standard InChI is InChI=1S/C10H12BrNO4/c1-7-5-10(16-4-3-15-2)8(11)6-9(7)12(13)14/h5-6H,3-4H2,1-2H3. The minimum absolute atomic E-state index is 0.0750. The van der Waals surface area contributed by atoms with Crippen molar-refractivity contribution >= 4 is 21.6 Å². The lowest BCUT2D eigenvalue weighted by atomic mass is 10.2. The van der Waals surface area contributed by atoms with E-state index < -0.39 is 4.92 Å². The lowest BCUT2D eigenvalue weighted by Gasteiger charge is -2.08. The molecule has 0 heterocycles. The van der Waals surface area contributed by atoms with Crippen molar-refractivity contribution in [3.8, 4) is 5.75 Å². The summed E-state index contributed by atoms with van der Waals surface area (Å²) in [6.07, 6.45) is 0. The molecule has 88 valence electrons. The fourth-order valence-electron chi connectivity index (χ4n) is 1.19. The number of hydrogen-bond acceptors (Lipinski definition) is 4. The van der Waals surface area contributed by atoms with Crippen molar-refractivity contribution in [3.63, 3.8) is 0 Å². The highest BCUT2D eigenvalue weighted by Crippen LogP contribution is 2.32. The zero-order valence-corrected chi connectivity index (χ0v) is 10.6. The van der Waals surface area contributed by atoms with Gasteiger partial charge in [-0.25, -0.2) is 0 Å². The van der Waals surface area contributed by atoms with Gasteiger partial charge in [0.2, 0.25) is 0 Å². The number of ether oxygens (including phenoxy) is 2. The zero-order chi connectivity index (χ0) is 12.1. The molecule has 0 unspecified atom stereocenters. The average Bonchev–Trinajstić information content (AvgIpc) is 2.22. The minimum Gasteiger partial charge on any atom is -0.490 e. The molecule has 0 saturated carbocycles. The minimum atomic E-state index is -0.418. The summed E-state index contributed by atoms with van der Waals surface area (Å²) in [6.45, 7) is 2.56. The molecule has 0 saturated heterocycles. The molecule has 1 rings (SSSR count). The number of rotatable bonds is 5. The van der Waals surface area contributed by atoms with Gasteiger partial charge < -0.3 is 9.47 Å². The van der Waals surface area contributed by atoms with Crippen molar-refractivity contribution in [3.05, 3.63) is 32.3 Å². The van der Waals surface area contributed by atoms with Crippen molar-refractivity contribution < 1.29 is 14.4 Å². The second kappa shape index (κ2) is 5.81. The molecule has 6 heteroatoms. The number of halogens is 1. The quantitative estimate of drug-likeness (QED) is 0.475. The Balaban J connectivity index is 2.88. The third kappa shape index (κ3) is 3.18. The van der Waals surface area contributed by atoms with Crippen molar-refractivity contribution in [2.75, 3.05) is 20.3 Å². The lowest BCUT2D eigenvalue weighted by molar-refractivity contribution is -0.385. The molecule has 0 N–H and O–H groups in total. The van der Waals surface area contributed by atoms with Crippen LogP contribution in [0.1, 0.15) is 5.56 Å². The highest BCUT2D eigenvalue weighted by Gasteiger charge is 2.14. The van der Waals surface area contributed by atoms with Gasteiger partial charge in [0.15, 0.2) is 0 Å². The first-order valence-corrected chi connectivity index (χ1v) is 5.42. The summed E-state index contributed by atoms with van der Waals surface area (Å²) in [6, 6.07) is 3.08. The van der Waals surface area contributed by atoms with Gasteiger partial charge in [0.25, 0.3) is 5.69 Å². The van der Waals surface area contributed by atoms with E-state index >= 15 is 0 Å². The van der Waals surface area contributed by atoms with Gasteiger partial charge in [0.05, 0.1) is 16.0 Å². The summed E-state index contributed by atoms with van der Waals surface area (Å²) in [7, 11) is 1.58. The number of methoxy groups -OCH3 is 1. The molecule has 0 aromatic heterocycles. The molecule has 0 atom stereocenters. The highest BCUT2D eigenvalue weighted by atomic mass is 79.9. The first-order valence-electron chi connectivity index (χ1n) is 4.62. The summed E-state index contributed by atoms with van der Waals surface area (Å²) >= 11 is 3.23. The van der Waals surface area contributed by atoms with E-state index in [9.17, 15) is 10.1 Å². The van der Waals surface area contributed by atoms with E-state index in [-0.39, 0.29) is 5.69 Å². The van der Waals surface area contributed by atoms with Crippen LogP contribution in [0.3, 0.4) is 0 Å². The molecule has 0 aliphatic rings. The normalized spacial score (nSPS) is 10.2. The smallest absolute Gasteiger partial charge is 0.273 e. The van der Waals surface area contributed by atoms with Gasteiger partial charge in [-0.1, -0.05) is 0 Å². The van der Waals surface area contributed by atoms with Crippen LogP contribution in [0.4, 0.5) is 5.69 Å². The Hall–Kier alpha value is -1.14.